The number of nitrogens with one attached hydrogen (secondary N) is 1. The van der Waals surface area contributed by atoms with Gasteiger partial charge < -0.3 is 10.1 Å². The summed E-state index contributed by atoms with van der Waals surface area (Å²) in [5, 5.41) is 3.43. The second kappa shape index (κ2) is 9.01. The average Bonchev–Trinajstić information content (AvgIpc) is 3.20. The second-order valence-electron chi connectivity index (χ2n) is 11.0. The number of ether oxygens (including phenoxy) is 1. The Labute approximate surface area is 211 Å². The number of nitrogens with zero attached hydrogens (tertiary/aromatic N) is 1. The lowest BCUT2D eigenvalue weighted by molar-refractivity contribution is 0.0531. The summed E-state index contributed by atoms with van der Waals surface area (Å²) < 4.78 is 33.7. The van der Waals surface area contributed by atoms with Crippen molar-refractivity contribution in [2.75, 3.05) is 18.5 Å². The van der Waals surface area contributed by atoms with E-state index in [0.29, 0.717) is 22.0 Å². The summed E-state index contributed by atoms with van der Waals surface area (Å²) in [6.07, 6.45) is 2.76. The van der Waals surface area contributed by atoms with E-state index in [-0.39, 0.29) is 34.3 Å². The molecule has 1 aliphatic heterocycles. The van der Waals surface area contributed by atoms with Crippen molar-refractivity contribution >= 4 is 38.2 Å². The molecule has 1 aliphatic carbocycles. The van der Waals surface area contributed by atoms with Gasteiger partial charge in [0.15, 0.2) is 0 Å². The van der Waals surface area contributed by atoms with E-state index < -0.39 is 16.0 Å². The van der Waals surface area contributed by atoms with Crippen LogP contribution in [0.1, 0.15) is 78.1 Å². The molecule has 1 aromatic carbocycles. The molecule has 1 saturated heterocycles. The number of anilines is 1. The van der Waals surface area contributed by atoms with Crippen LogP contribution in [0.25, 0.3) is 0 Å². The van der Waals surface area contributed by atoms with Crippen molar-refractivity contribution in [1.82, 2.24) is 4.31 Å². The van der Waals surface area contributed by atoms with Gasteiger partial charge in [-0.15, -0.1) is 11.3 Å². The standard InChI is InChI=1S/C26H34N2O5S2/c1-7-33-24(30)21-16(2)17(3)23(34-21)27-22(29)18-8-10-20(11-9-18)35(31,32)28-15-26(6)13-19(28)12-25(4,5)14-26/h8-11,19H,7,12-15H2,1-6H3,(H,27,29)/t19-,26+/m1/s1. The number of carbonyl (C=O) groups is 2. The summed E-state index contributed by atoms with van der Waals surface area (Å²) >= 11 is 1.18. The van der Waals surface area contributed by atoms with Crippen molar-refractivity contribution in [2.45, 2.75) is 71.7 Å². The third-order valence-electron chi connectivity index (χ3n) is 7.23. The first kappa shape index (κ1) is 25.9. The van der Waals surface area contributed by atoms with Crippen molar-refractivity contribution in [3.8, 4) is 0 Å². The number of amides is 1. The predicted octanol–water partition coefficient (Wildman–Crippen LogP) is 5.38. The molecule has 1 amide bonds. The zero-order chi connectivity index (χ0) is 25.8. The van der Waals surface area contributed by atoms with Gasteiger partial charge in [-0.25, -0.2) is 13.2 Å². The van der Waals surface area contributed by atoms with Gasteiger partial charge in [0, 0.05) is 18.2 Å². The lowest BCUT2D eigenvalue weighted by atomic mass is 9.65. The Kier molecular flexibility index (Phi) is 6.66. The van der Waals surface area contributed by atoms with Crippen LogP contribution in [0.3, 0.4) is 0 Å². The Bertz CT molecular complexity index is 1260. The van der Waals surface area contributed by atoms with Gasteiger partial charge in [-0.05, 0) is 86.3 Å². The molecule has 0 unspecified atom stereocenters. The van der Waals surface area contributed by atoms with Crippen LogP contribution in [0.5, 0.6) is 0 Å². The quantitative estimate of drug-likeness (QED) is 0.518. The van der Waals surface area contributed by atoms with E-state index in [0.717, 1.165) is 30.4 Å². The number of benzene rings is 1. The van der Waals surface area contributed by atoms with Crippen LogP contribution in [0.15, 0.2) is 29.2 Å². The highest BCUT2D eigenvalue weighted by molar-refractivity contribution is 7.89. The summed E-state index contributed by atoms with van der Waals surface area (Å²) in [6, 6.07) is 6.11. The lowest BCUT2D eigenvalue weighted by Gasteiger charge is -2.39. The maximum Gasteiger partial charge on any atom is 0.348 e. The van der Waals surface area contributed by atoms with Gasteiger partial charge in [0.2, 0.25) is 10.0 Å². The first-order chi connectivity index (χ1) is 16.3. The van der Waals surface area contributed by atoms with Gasteiger partial charge >= 0.3 is 5.97 Å². The van der Waals surface area contributed by atoms with Gasteiger partial charge in [-0.2, -0.15) is 4.31 Å². The van der Waals surface area contributed by atoms with E-state index in [9.17, 15) is 18.0 Å². The van der Waals surface area contributed by atoms with Crippen LogP contribution in [0.4, 0.5) is 5.00 Å². The van der Waals surface area contributed by atoms with Crippen LogP contribution in [0, 0.1) is 24.7 Å². The summed E-state index contributed by atoms with van der Waals surface area (Å²) in [7, 11) is -3.65. The molecular formula is C26H34N2O5S2. The molecule has 1 aromatic heterocycles. The molecule has 190 valence electrons. The Balaban J connectivity index is 1.51. The molecule has 2 heterocycles. The zero-order valence-electron chi connectivity index (χ0n) is 21.2. The van der Waals surface area contributed by atoms with E-state index in [2.05, 4.69) is 26.1 Å². The van der Waals surface area contributed by atoms with Crippen LogP contribution < -0.4 is 5.32 Å². The van der Waals surface area contributed by atoms with Crippen molar-refractivity contribution in [2.24, 2.45) is 10.8 Å². The van der Waals surface area contributed by atoms with Gasteiger partial charge in [-0.3, -0.25) is 4.79 Å². The van der Waals surface area contributed by atoms with Gasteiger partial charge in [0.25, 0.3) is 5.91 Å². The molecule has 9 heteroatoms. The molecule has 0 spiro atoms. The third-order valence-corrected chi connectivity index (χ3v) is 10.4. The molecule has 2 atom stereocenters. The van der Waals surface area contributed by atoms with Gasteiger partial charge in [-0.1, -0.05) is 20.8 Å². The predicted molar refractivity (Wildman–Crippen MR) is 138 cm³/mol. The molecule has 35 heavy (non-hydrogen) atoms. The van der Waals surface area contributed by atoms with Crippen LogP contribution in [-0.2, 0) is 14.8 Å². The molecular weight excluding hydrogens is 484 g/mol. The van der Waals surface area contributed by atoms with E-state index >= 15 is 0 Å². The van der Waals surface area contributed by atoms with E-state index in [1.54, 1.807) is 11.2 Å². The molecule has 1 saturated carbocycles. The molecule has 2 aromatic rings. The minimum Gasteiger partial charge on any atom is -0.462 e. The highest BCUT2D eigenvalue weighted by Crippen LogP contribution is 2.53. The van der Waals surface area contributed by atoms with Gasteiger partial charge in [0.1, 0.15) is 4.88 Å². The normalized spacial score (nSPS) is 23.8. The Morgan fingerprint density at radius 1 is 1.11 bits per heavy atom. The monoisotopic (exact) mass is 518 g/mol. The fourth-order valence-electron chi connectivity index (χ4n) is 5.88. The van der Waals surface area contributed by atoms with Crippen LogP contribution in [-0.4, -0.2) is 43.8 Å². The number of carbonyl (C=O) groups excluding carboxylic acids is 2. The maximum atomic E-state index is 13.5. The summed E-state index contributed by atoms with van der Waals surface area (Å²) in [4.78, 5) is 25.7. The topological polar surface area (TPSA) is 92.8 Å². The maximum absolute atomic E-state index is 13.5. The molecule has 1 N–H and O–H groups in total. The van der Waals surface area contributed by atoms with Crippen LogP contribution >= 0.6 is 11.3 Å². The SMILES string of the molecule is CCOC(=O)c1sc(NC(=O)c2ccc(S(=O)(=O)N3C[C@@]4(C)C[C@H]3CC(C)(C)C4)cc2)c(C)c1C. The summed E-state index contributed by atoms with van der Waals surface area (Å²) in [6.45, 7) is 12.8. The number of hydrogen-bond donors (Lipinski definition) is 1. The minimum atomic E-state index is -3.65. The van der Waals surface area contributed by atoms with Crippen molar-refractivity contribution in [3.05, 3.63) is 45.8 Å². The van der Waals surface area contributed by atoms with Crippen LogP contribution in [0.2, 0.25) is 0 Å². The molecule has 0 radical (unpaired) electrons. The Morgan fingerprint density at radius 3 is 2.40 bits per heavy atom. The largest absolute Gasteiger partial charge is 0.462 e. The molecule has 4 rings (SSSR count). The highest BCUT2D eigenvalue weighted by atomic mass is 32.2. The highest BCUT2D eigenvalue weighted by Gasteiger charge is 2.53. The molecule has 2 fully saturated rings. The third kappa shape index (κ3) is 4.90. The van der Waals surface area contributed by atoms with Gasteiger partial charge in [0.05, 0.1) is 16.5 Å². The second-order valence-corrected chi connectivity index (χ2v) is 13.9. The van der Waals surface area contributed by atoms with E-state index in [1.807, 2.05) is 13.8 Å². The van der Waals surface area contributed by atoms with E-state index in [1.165, 1.54) is 35.6 Å². The number of thiophene rings is 1. The lowest BCUT2D eigenvalue weighted by Crippen LogP contribution is -2.37. The smallest absolute Gasteiger partial charge is 0.348 e. The molecule has 2 aliphatic rings. The number of hydrogen-bond acceptors (Lipinski definition) is 6. The number of sulfonamides is 1. The Hall–Kier alpha value is -2.23. The molecule has 2 bridgehead atoms. The minimum absolute atomic E-state index is 0.00157. The first-order valence-corrected chi connectivity index (χ1v) is 14.2. The average molecular weight is 519 g/mol. The Morgan fingerprint density at radius 2 is 1.77 bits per heavy atom. The zero-order valence-corrected chi connectivity index (χ0v) is 22.9. The van der Waals surface area contributed by atoms with Crippen molar-refractivity contribution < 1.29 is 22.7 Å². The van der Waals surface area contributed by atoms with E-state index in [4.69, 9.17) is 4.74 Å². The molecule has 7 nitrogen and oxygen atoms in total. The number of rotatable bonds is 6. The van der Waals surface area contributed by atoms with Crippen molar-refractivity contribution in [3.63, 3.8) is 0 Å². The summed E-state index contributed by atoms with van der Waals surface area (Å²) in [5.41, 5.74) is 2.05. The number of esters is 1. The fourth-order valence-corrected chi connectivity index (χ4v) is 8.76. The summed E-state index contributed by atoms with van der Waals surface area (Å²) in [5.74, 6) is -0.767. The first-order valence-electron chi connectivity index (χ1n) is 12.0. The van der Waals surface area contributed by atoms with Crippen molar-refractivity contribution in [1.29, 1.82) is 0 Å². The number of fused-ring (bicyclic) bond motifs is 2. The fraction of sp³-hybridized carbons (Fsp3) is 0.538.